The van der Waals surface area contributed by atoms with Crippen LogP contribution in [0.2, 0.25) is 0 Å². The van der Waals surface area contributed by atoms with Crippen molar-refractivity contribution < 1.29 is 14.3 Å². The summed E-state index contributed by atoms with van der Waals surface area (Å²) in [6, 6.07) is 13.0. The van der Waals surface area contributed by atoms with E-state index in [4.69, 9.17) is 4.74 Å². The lowest BCUT2D eigenvalue weighted by Gasteiger charge is -2.12. The SMILES string of the molecule is CCC(C)NC(=O)COC(=O)c1cccnc1Sc1ccccc1. The summed E-state index contributed by atoms with van der Waals surface area (Å²) in [5.41, 5.74) is 0.350. The molecule has 0 radical (unpaired) electrons. The monoisotopic (exact) mass is 344 g/mol. The largest absolute Gasteiger partial charge is 0.452 e. The van der Waals surface area contributed by atoms with Gasteiger partial charge in [-0.1, -0.05) is 36.9 Å². The minimum Gasteiger partial charge on any atom is -0.452 e. The molecular formula is C18H20N2O3S. The first-order chi connectivity index (χ1) is 11.6. The molecule has 0 saturated carbocycles. The van der Waals surface area contributed by atoms with Gasteiger partial charge in [0, 0.05) is 17.1 Å². The zero-order valence-corrected chi connectivity index (χ0v) is 14.5. The van der Waals surface area contributed by atoms with Crippen LogP contribution in [0, 0.1) is 0 Å². The molecule has 0 aliphatic rings. The molecule has 0 aliphatic heterocycles. The van der Waals surface area contributed by atoms with Crippen molar-refractivity contribution >= 4 is 23.6 Å². The van der Waals surface area contributed by atoms with Crippen LogP contribution in [0.5, 0.6) is 0 Å². The normalized spacial score (nSPS) is 11.6. The molecule has 1 unspecified atom stereocenters. The highest BCUT2D eigenvalue weighted by Gasteiger charge is 2.16. The third-order valence-corrected chi connectivity index (χ3v) is 4.33. The number of rotatable bonds is 7. The average molecular weight is 344 g/mol. The predicted octanol–water partition coefficient (Wildman–Crippen LogP) is 3.30. The Hall–Kier alpha value is -2.34. The second-order valence-corrected chi connectivity index (χ2v) is 6.29. The molecule has 0 saturated heterocycles. The Kier molecular flexibility index (Phi) is 6.81. The highest BCUT2D eigenvalue weighted by Crippen LogP contribution is 2.28. The number of hydrogen-bond acceptors (Lipinski definition) is 5. The van der Waals surface area contributed by atoms with Gasteiger partial charge in [0.1, 0.15) is 5.03 Å². The van der Waals surface area contributed by atoms with E-state index in [0.29, 0.717) is 10.6 Å². The maximum Gasteiger partial charge on any atom is 0.341 e. The van der Waals surface area contributed by atoms with Gasteiger partial charge >= 0.3 is 5.97 Å². The maximum atomic E-state index is 12.3. The van der Waals surface area contributed by atoms with E-state index in [2.05, 4.69) is 10.3 Å². The third kappa shape index (κ3) is 5.38. The number of benzene rings is 1. The first-order valence-corrected chi connectivity index (χ1v) is 8.56. The van der Waals surface area contributed by atoms with Crippen molar-refractivity contribution in [1.29, 1.82) is 0 Å². The van der Waals surface area contributed by atoms with Crippen LogP contribution in [0.4, 0.5) is 0 Å². The number of nitrogens with zero attached hydrogens (tertiary/aromatic N) is 1. The average Bonchev–Trinajstić information content (AvgIpc) is 2.61. The second-order valence-electron chi connectivity index (χ2n) is 5.22. The molecule has 1 atom stereocenters. The number of carbonyl (C=O) groups excluding carboxylic acids is 2. The highest BCUT2D eigenvalue weighted by atomic mass is 32.2. The standard InChI is InChI=1S/C18H20N2O3S/c1-3-13(2)20-16(21)12-23-18(22)15-10-7-11-19-17(15)24-14-8-5-4-6-9-14/h4-11,13H,3,12H2,1-2H3,(H,20,21). The van der Waals surface area contributed by atoms with E-state index in [-0.39, 0.29) is 18.6 Å². The molecule has 5 nitrogen and oxygen atoms in total. The molecule has 0 fully saturated rings. The van der Waals surface area contributed by atoms with Gasteiger partial charge in [0.25, 0.3) is 5.91 Å². The van der Waals surface area contributed by atoms with Crippen molar-refractivity contribution in [2.75, 3.05) is 6.61 Å². The molecule has 0 aliphatic carbocycles. The first kappa shape index (κ1) is 18.0. The lowest BCUT2D eigenvalue weighted by molar-refractivity contribution is -0.124. The van der Waals surface area contributed by atoms with Crippen LogP contribution < -0.4 is 5.32 Å². The third-order valence-electron chi connectivity index (χ3n) is 3.30. The van der Waals surface area contributed by atoms with Crippen molar-refractivity contribution in [2.24, 2.45) is 0 Å². The molecule has 1 N–H and O–H groups in total. The number of aromatic nitrogens is 1. The van der Waals surface area contributed by atoms with E-state index >= 15 is 0 Å². The van der Waals surface area contributed by atoms with Gasteiger partial charge in [0.15, 0.2) is 6.61 Å². The fraction of sp³-hybridized carbons (Fsp3) is 0.278. The Morgan fingerprint density at radius 2 is 1.96 bits per heavy atom. The summed E-state index contributed by atoms with van der Waals surface area (Å²) in [7, 11) is 0. The van der Waals surface area contributed by atoms with E-state index in [0.717, 1.165) is 11.3 Å². The van der Waals surface area contributed by atoms with Gasteiger partial charge in [-0.15, -0.1) is 0 Å². The quantitative estimate of drug-likeness (QED) is 0.781. The van der Waals surface area contributed by atoms with Crippen LogP contribution >= 0.6 is 11.8 Å². The van der Waals surface area contributed by atoms with E-state index in [1.165, 1.54) is 11.8 Å². The van der Waals surface area contributed by atoms with E-state index in [1.54, 1.807) is 18.3 Å². The van der Waals surface area contributed by atoms with Crippen LogP contribution in [-0.4, -0.2) is 29.5 Å². The summed E-state index contributed by atoms with van der Waals surface area (Å²) in [6.07, 6.45) is 2.44. The van der Waals surface area contributed by atoms with Gasteiger partial charge in [-0.3, -0.25) is 4.79 Å². The van der Waals surface area contributed by atoms with Crippen LogP contribution in [0.25, 0.3) is 0 Å². The van der Waals surface area contributed by atoms with Crippen molar-refractivity contribution in [3.05, 3.63) is 54.2 Å². The topological polar surface area (TPSA) is 68.3 Å². The Labute approximate surface area is 145 Å². The maximum absolute atomic E-state index is 12.3. The smallest absolute Gasteiger partial charge is 0.341 e. The summed E-state index contributed by atoms with van der Waals surface area (Å²) in [4.78, 5) is 29.2. The molecule has 2 aromatic rings. The van der Waals surface area contributed by atoms with Gasteiger partial charge in [-0.05, 0) is 37.6 Å². The number of hydrogen-bond donors (Lipinski definition) is 1. The lowest BCUT2D eigenvalue weighted by Crippen LogP contribution is -2.35. The van der Waals surface area contributed by atoms with Crippen molar-refractivity contribution in [2.45, 2.75) is 36.2 Å². The molecule has 0 bridgehead atoms. The summed E-state index contributed by atoms with van der Waals surface area (Å²) < 4.78 is 5.11. The summed E-state index contributed by atoms with van der Waals surface area (Å²) >= 11 is 1.38. The molecule has 6 heteroatoms. The predicted molar refractivity (Wildman–Crippen MR) is 93.0 cm³/mol. The van der Waals surface area contributed by atoms with Gasteiger partial charge < -0.3 is 10.1 Å². The van der Waals surface area contributed by atoms with Crippen LogP contribution in [0.3, 0.4) is 0 Å². The van der Waals surface area contributed by atoms with Crippen LogP contribution in [0.1, 0.15) is 30.6 Å². The summed E-state index contributed by atoms with van der Waals surface area (Å²) in [5.74, 6) is -0.861. The Bertz CT molecular complexity index is 692. The highest BCUT2D eigenvalue weighted by molar-refractivity contribution is 7.99. The van der Waals surface area contributed by atoms with E-state index < -0.39 is 5.97 Å². The molecule has 126 valence electrons. The summed E-state index contributed by atoms with van der Waals surface area (Å²) in [5, 5.41) is 3.31. The molecule has 2 rings (SSSR count). The number of pyridine rings is 1. The minimum atomic E-state index is -0.555. The molecule has 24 heavy (non-hydrogen) atoms. The van der Waals surface area contributed by atoms with E-state index in [1.807, 2.05) is 44.2 Å². The van der Waals surface area contributed by atoms with Crippen LogP contribution in [0.15, 0.2) is 58.6 Å². The van der Waals surface area contributed by atoms with Crippen molar-refractivity contribution in [1.82, 2.24) is 10.3 Å². The molecule has 1 heterocycles. The Balaban J connectivity index is 2.01. The zero-order valence-electron chi connectivity index (χ0n) is 13.7. The fourth-order valence-corrected chi connectivity index (χ4v) is 2.75. The van der Waals surface area contributed by atoms with Crippen LogP contribution in [-0.2, 0) is 9.53 Å². The number of carbonyl (C=O) groups is 2. The summed E-state index contributed by atoms with van der Waals surface area (Å²) in [6.45, 7) is 3.57. The molecule has 0 spiro atoms. The number of amides is 1. The lowest BCUT2D eigenvalue weighted by atomic mass is 10.2. The molecule has 1 aromatic carbocycles. The Morgan fingerprint density at radius 1 is 1.21 bits per heavy atom. The number of esters is 1. The van der Waals surface area contributed by atoms with Crippen molar-refractivity contribution in [3.8, 4) is 0 Å². The van der Waals surface area contributed by atoms with Crippen molar-refractivity contribution in [3.63, 3.8) is 0 Å². The first-order valence-electron chi connectivity index (χ1n) is 7.74. The van der Waals surface area contributed by atoms with Gasteiger partial charge in [-0.2, -0.15) is 0 Å². The molecule has 1 aromatic heterocycles. The van der Waals surface area contributed by atoms with E-state index in [9.17, 15) is 9.59 Å². The van der Waals surface area contributed by atoms with Gasteiger partial charge in [0.2, 0.25) is 0 Å². The zero-order chi connectivity index (χ0) is 17.4. The van der Waals surface area contributed by atoms with Gasteiger partial charge in [0.05, 0.1) is 5.56 Å². The molecular weight excluding hydrogens is 324 g/mol. The second kappa shape index (κ2) is 9.08. The number of ether oxygens (including phenoxy) is 1. The molecule has 1 amide bonds. The minimum absolute atomic E-state index is 0.0544. The Morgan fingerprint density at radius 3 is 2.67 bits per heavy atom. The number of nitrogens with one attached hydrogen (secondary N) is 1. The van der Waals surface area contributed by atoms with Gasteiger partial charge in [-0.25, -0.2) is 9.78 Å². The fourth-order valence-electron chi connectivity index (χ4n) is 1.86.